The molecule has 126 valence electrons. The first-order valence-electron chi connectivity index (χ1n) is 7.76. The Morgan fingerprint density at radius 2 is 2.17 bits per heavy atom. The topological polar surface area (TPSA) is 50.4 Å². The molecule has 2 fully saturated rings. The van der Waals surface area contributed by atoms with Crippen LogP contribution in [0.4, 0.5) is 13.2 Å². The molecular formula is C16H19F3N2O2. The second kappa shape index (κ2) is 6.39. The van der Waals surface area contributed by atoms with Gasteiger partial charge in [0.25, 0.3) is 0 Å². The first-order chi connectivity index (χ1) is 11.0. The number of carbonyl (C=O) groups excluding carboxylic acids is 1. The number of rotatable bonds is 5. The van der Waals surface area contributed by atoms with Crippen LogP contribution in [0.5, 0.6) is 5.75 Å². The van der Waals surface area contributed by atoms with Gasteiger partial charge in [-0.15, -0.1) is 0 Å². The molecule has 23 heavy (non-hydrogen) atoms. The number of carbonyl (C=O) groups is 1. The van der Waals surface area contributed by atoms with Crippen LogP contribution in [0.2, 0.25) is 0 Å². The van der Waals surface area contributed by atoms with Crippen molar-refractivity contribution >= 4 is 5.91 Å². The van der Waals surface area contributed by atoms with E-state index in [9.17, 15) is 18.0 Å². The highest BCUT2D eigenvalue weighted by molar-refractivity contribution is 5.78. The molecule has 7 heteroatoms. The van der Waals surface area contributed by atoms with Gasteiger partial charge in [-0.2, -0.15) is 8.78 Å². The van der Waals surface area contributed by atoms with Crippen molar-refractivity contribution in [3.05, 3.63) is 29.6 Å². The van der Waals surface area contributed by atoms with E-state index in [-0.39, 0.29) is 17.5 Å². The zero-order valence-corrected chi connectivity index (χ0v) is 12.6. The lowest BCUT2D eigenvalue weighted by molar-refractivity contribution is -0.128. The molecule has 1 heterocycles. The van der Waals surface area contributed by atoms with Gasteiger partial charge in [0.2, 0.25) is 5.91 Å². The Bertz CT molecular complexity index is 591. The molecule has 0 bridgehead atoms. The molecule has 1 aliphatic heterocycles. The number of amides is 1. The monoisotopic (exact) mass is 328 g/mol. The van der Waals surface area contributed by atoms with Crippen molar-refractivity contribution in [2.45, 2.75) is 56.8 Å². The average molecular weight is 328 g/mol. The van der Waals surface area contributed by atoms with E-state index in [1.807, 2.05) is 0 Å². The Hall–Kier alpha value is -1.76. The van der Waals surface area contributed by atoms with Gasteiger partial charge in [-0.3, -0.25) is 4.79 Å². The zero-order chi connectivity index (χ0) is 16.4. The summed E-state index contributed by atoms with van der Waals surface area (Å²) in [4.78, 5) is 11.6. The predicted molar refractivity (Wildman–Crippen MR) is 77.6 cm³/mol. The third-order valence-electron chi connectivity index (χ3n) is 4.73. The largest absolute Gasteiger partial charge is 0.432 e. The molecule has 1 aliphatic carbocycles. The van der Waals surface area contributed by atoms with Crippen molar-refractivity contribution in [2.75, 3.05) is 0 Å². The molecular weight excluding hydrogens is 309 g/mol. The number of ether oxygens (including phenoxy) is 1. The molecule has 4 nitrogen and oxygen atoms in total. The Balaban J connectivity index is 1.61. The Morgan fingerprint density at radius 3 is 2.78 bits per heavy atom. The van der Waals surface area contributed by atoms with Crippen LogP contribution >= 0.6 is 0 Å². The van der Waals surface area contributed by atoms with Crippen molar-refractivity contribution in [3.8, 4) is 5.75 Å². The smallest absolute Gasteiger partial charge is 0.387 e. The van der Waals surface area contributed by atoms with Crippen molar-refractivity contribution in [2.24, 2.45) is 0 Å². The molecule has 0 radical (unpaired) electrons. The van der Waals surface area contributed by atoms with Crippen molar-refractivity contribution in [1.29, 1.82) is 0 Å². The Labute approximate surface area is 132 Å². The van der Waals surface area contributed by atoms with Crippen LogP contribution in [0, 0.1) is 5.82 Å². The van der Waals surface area contributed by atoms with Crippen molar-refractivity contribution in [3.63, 3.8) is 0 Å². The van der Waals surface area contributed by atoms with Gasteiger partial charge in [-0.25, -0.2) is 4.39 Å². The van der Waals surface area contributed by atoms with Gasteiger partial charge in [0, 0.05) is 19.0 Å². The molecule has 1 saturated heterocycles. The minimum absolute atomic E-state index is 0.0855. The van der Waals surface area contributed by atoms with E-state index in [1.54, 1.807) is 6.07 Å². The van der Waals surface area contributed by atoms with Gasteiger partial charge in [-0.05, 0) is 43.4 Å². The lowest BCUT2D eigenvalue weighted by atomic mass is 9.68. The maximum absolute atomic E-state index is 13.7. The minimum atomic E-state index is -3.04. The Kier molecular flexibility index (Phi) is 4.48. The highest BCUT2D eigenvalue weighted by Crippen LogP contribution is 2.39. The van der Waals surface area contributed by atoms with E-state index in [2.05, 4.69) is 15.4 Å². The fourth-order valence-electron chi connectivity index (χ4n) is 3.39. The third kappa shape index (κ3) is 3.44. The van der Waals surface area contributed by atoms with Gasteiger partial charge in [0.05, 0.1) is 5.54 Å². The molecule has 1 saturated carbocycles. The van der Waals surface area contributed by atoms with Crippen molar-refractivity contribution < 1.29 is 22.7 Å². The van der Waals surface area contributed by atoms with E-state index >= 15 is 0 Å². The zero-order valence-electron chi connectivity index (χ0n) is 12.6. The molecule has 1 spiro atoms. The van der Waals surface area contributed by atoms with E-state index < -0.39 is 18.2 Å². The lowest BCUT2D eigenvalue weighted by Crippen LogP contribution is -2.67. The SMILES string of the molecule is O=C1CC[C@H](NCc2ccc(OC(F)F)c(F)c2)C2(CCC2)N1. The van der Waals surface area contributed by atoms with Crippen LogP contribution in [0.1, 0.15) is 37.7 Å². The van der Waals surface area contributed by atoms with E-state index in [4.69, 9.17) is 0 Å². The maximum atomic E-state index is 13.7. The molecule has 1 atom stereocenters. The van der Waals surface area contributed by atoms with Crippen LogP contribution in [0.15, 0.2) is 18.2 Å². The first-order valence-corrected chi connectivity index (χ1v) is 7.76. The molecule has 1 aromatic rings. The summed E-state index contributed by atoms with van der Waals surface area (Å²) in [5.74, 6) is -1.17. The maximum Gasteiger partial charge on any atom is 0.387 e. The minimum Gasteiger partial charge on any atom is -0.432 e. The summed E-state index contributed by atoms with van der Waals surface area (Å²) >= 11 is 0. The summed E-state index contributed by atoms with van der Waals surface area (Å²) in [5.41, 5.74) is 0.475. The second-order valence-electron chi connectivity index (χ2n) is 6.17. The van der Waals surface area contributed by atoms with Gasteiger partial charge < -0.3 is 15.4 Å². The number of hydrogen-bond donors (Lipinski definition) is 2. The summed E-state index contributed by atoms with van der Waals surface area (Å²) in [6.45, 7) is -2.63. The van der Waals surface area contributed by atoms with E-state index in [0.29, 0.717) is 18.5 Å². The van der Waals surface area contributed by atoms with Gasteiger partial charge in [0.15, 0.2) is 11.6 Å². The molecule has 1 amide bonds. The molecule has 3 rings (SSSR count). The molecule has 0 unspecified atom stereocenters. The van der Waals surface area contributed by atoms with E-state index in [0.717, 1.165) is 25.7 Å². The number of nitrogens with one attached hydrogen (secondary N) is 2. The molecule has 2 N–H and O–H groups in total. The summed E-state index contributed by atoms with van der Waals surface area (Å²) < 4.78 is 42.0. The fraction of sp³-hybridized carbons (Fsp3) is 0.562. The Morgan fingerprint density at radius 1 is 1.39 bits per heavy atom. The summed E-state index contributed by atoms with van der Waals surface area (Å²) in [6, 6.07) is 4.11. The van der Waals surface area contributed by atoms with Gasteiger partial charge >= 0.3 is 6.61 Å². The number of alkyl halides is 2. The summed E-state index contributed by atoms with van der Waals surface area (Å²) in [6.07, 6.45) is 4.22. The fourth-order valence-corrected chi connectivity index (χ4v) is 3.39. The number of halogens is 3. The van der Waals surface area contributed by atoms with Crippen LogP contribution in [-0.4, -0.2) is 24.1 Å². The summed E-state index contributed by atoms with van der Waals surface area (Å²) in [7, 11) is 0. The molecule has 0 aromatic heterocycles. The normalized spacial score (nSPS) is 22.8. The summed E-state index contributed by atoms with van der Waals surface area (Å²) in [5, 5.41) is 6.45. The number of benzene rings is 1. The number of piperidine rings is 1. The van der Waals surface area contributed by atoms with E-state index in [1.165, 1.54) is 12.1 Å². The average Bonchev–Trinajstić information content (AvgIpc) is 2.46. The third-order valence-corrected chi connectivity index (χ3v) is 4.73. The molecule has 1 aromatic carbocycles. The highest BCUT2D eigenvalue weighted by Gasteiger charge is 2.47. The quantitative estimate of drug-likeness (QED) is 0.874. The predicted octanol–water partition coefficient (Wildman–Crippen LogP) is 2.72. The van der Waals surface area contributed by atoms with Crippen LogP contribution < -0.4 is 15.4 Å². The number of hydrogen-bond acceptors (Lipinski definition) is 3. The van der Waals surface area contributed by atoms with Gasteiger partial charge in [0.1, 0.15) is 0 Å². The van der Waals surface area contributed by atoms with Crippen LogP contribution in [-0.2, 0) is 11.3 Å². The van der Waals surface area contributed by atoms with Gasteiger partial charge in [-0.1, -0.05) is 6.07 Å². The molecule has 2 aliphatic rings. The van der Waals surface area contributed by atoms with Crippen molar-refractivity contribution in [1.82, 2.24) is 10.6 Å². The second-order valence-corrected chi connectivity index (χ2v) is 6.17. The highest BCUT2D eigenvalue weighted by atomic mass is 19.3. The first kappa shape index (κ1) is 16.1. The standard InChI is InChI=1S/C16H19F3N2O2/c17-11-8-10(2-3-12(11)23-15(18)19)9-20-13-4-5-14(22)21-16(13)6-1-7-16/h2-3,8,13,15,20H,1,4-7,9H2,(H,21,22)/t13-/m0/s1. The lowest BCUT2D eigenvalue weighted by Gasteiger charge is -2.51. The van der Waals surface area contributed by atoms with Crippen LogP contribution in [0.3, 0.4) is 0 Å². The van der Waals surface area contributed by atoms with Crippen LogP contribution in [0.25, 0.3) is 0 Å².